The third-order valence-corrected chi connectivity index (χ3v) is 5.86. The number of allylic oxidation sites excluding steroid dienone is 1. The molecule has 154 valence electrons. The van der Waals surface area contributed by atoms with Crippen molar-refractivity contribution in [2.24, 2.45) is 5.92 Å². The lowest BCUT2D eigenvalue weighted by Crippen LogP contribution is -2.44. The van der Waals surface area contributed by atoms with Crippen molar-refractivity contribution in [1.29, 1.82) is 0 Å². The zero-order valence-electron chi connectivity index (χ0n) is 16.5. The number of hydrogen-bond donors (Lipinski definition) is 1. The van der Waals surface area contributed by atoms with Crippen molar-refractivity contribution in [2.45, 2.75) is 37.8 Å². The Morgan fingerprint density at radius 1 is 1.17 bits per heavy atom. The molecule has 2 amide bonds. The number of pyridine rings is 1. The summed E-state index contributed by atoms with van der Waals surface area (Å²) in [5, 5.41) is 2.90. The molecule has 2 heterocycles. The maximum atomic E-state index is 13.1. The molecule has 2 aromatic rings. The number of ether oxygens (including phenoxy) is 1. The van der Waals surface area contributed by atoms with E-state index in [0.29, 0.717) is 17.8 Å². The van der Waals surface area contributed by atoms with Crippen LogP contribution in [0, 0.1) is 11.7 Å². The highest BCUT2D eigenvalue weighted by Crippen LogP contribution is 2.45. The molecule has 7 heteroatoms. The van der Waals surface area contributed by atoms with Crippen LogP contribution in [0.25, 0.3) is 0 Å². The lowest BCUT2D eigenvalue weighted by atomic mass is 9.76. The largest absolute Gasteiger partial charge is 0.446 e. The average Bonchev–Trinajstić information content (AvgIpc) is 3.52. The molecule has 5 rings (SSSR count). The maximum Gasteiger partial charge on any atom is 0.414 e. The summed E-state index contributed by atoms with van der Waals surface area (Å²) < 4.78 is 18.6. The Kier molecular flexibility index (Phi) is 4.53. The van der Waals surface area contributed by atoms with Crippen molar-refractivity contribution in [2.75, 3.05) is 11.4 Å². The number of anilines is 1. The lowest BCUT2D eigenvalue weighted by Gasteiger charge is -2.40. The first-order chi connectivity index (χ1) is 14.5. The predicted octanol–water partition coefficient (Wildman–Crippen LogP) is 4.10. The van der Waals surface area contributed by atoms with Gasteiger partial charge in [-0.2, -0.15) is 0 Å². The van der Waals surface area contributed by atoms with Gasteiger partial charge in [0.15, 0.2) is 0 Å². The summed E-state index contributed by atoms with van der Waals surface area (Å²) in [6, 6.07) is 8.78. The summed E-state index contributed by atoms with van der Waals surface area (Å²) in [7, 11) is 0. The molecular formula is C23H22FN3O3. The second kappa shape index (κ2) is 7.23. The third kappa shape index (κ3) is 3.44. The first kappa shape index (κ1) is 18.8. The van der Waals surface area contributed by atoms with E-state index < -0.39 is 0 Å². The molecule has 1 aromatic carbocycles. The van der Waals surface area contributed by atoms with Crippen LogP contribution in [0.1, 0.15) is 53.5 Å². The minimum Gasteiger partial charge on any atom is -0.446 e. The van der Waals surface area contributed by atoms with Gasteiger partial charge in [0.2, 0.25) is 0 Å². The number of nitrogens with zero attached hydrogens (tertiary/aromatic N) is 2. The molecule has 3 aliphatic rings. The molecule has 1 aromatic heterocycles. The van der Waals surface area contributed by atoms with Gasteiger partial charge in [-0.1, -0.05) is 12.2 Å². The monoisotopic (exact) mass is 407 g/mol. The Bertz CT molecular complexity index is 1030. The fourth-order valence-corrected chi connectivity index (χ4v) is 3.88. The topological polar surface area (TPSA) is 71.5 Å². The van der Waals surface area contributed by atoms with Crippen LogP contribution in [0.3, 0.4) is 0 Å². The van der Waals surface area contributed by atoms with Crippen LogP contribution in [-0.4, -0.2) is 29.6 Å². The van der Waals surface area contributed by atoms with Gasteiger partial charge in [-0.05, 0) is 56.2 Å². The number of fused-ring (bicyclic) bond motifs is 3. The van der Waals surface area contributed by atoms with E-state index in [-0.39, 0.29) is 41.8 Å². The van der Waals surface area contributed by atoms with E-state index in [0.717, 1.165) is 24.2 Å². The van der Waals surface area contributed by atoms with E-state index in [1.807, 2.05) is 19.1 Å². The van der Waals surface area contributed by atoms with Gasteiger partial charge in [-0.3, -0.25) is 14.7 Å². The Hall–Kier alpha value is -3.22. The number of halogens is 1. The van der Waals surface area contributed by atoms with Gasteiger partial charge in [0.25, 0.3) is 5.91 Å². The predicted molar refractivity (Wildman–Crippen MR) is 109 cm³/mol. The molecule has 3 atom stereocenters. The summed E-state index contributed by atoms with van der Waals surface area (Å²) in [4.78, 5) is 31.6. The van der Waals surface area contributed by atoms with E-state index in [9.17, 15) is 14.0 Å². The molecule has 30 heavy (non-hydrogen) atoms. The molecule has 2 aliphatic carbocycles. The Labute approximate surface area is 173 Å². The van der Waals surface area contributed by atoms with E-state index in [4.69, 9.17) is 9.72 Å². The highest BCUT2D eigenvalue weighted by Gasteiger charge is 2.40. The first-order valence-corrected chi connectivity index (χ1v) is 10.2. The van der Waals surface area contributed by atoms with Gasteiger partial charge in [-0.15, -0.1) is 0 Å². The standard InChI is InChI=1S/C23H22FN3O3/c1-13(25-22(28)14-2-5-16(24)6-3-14)19-10-11-20-21(26-19)18-9-4-15(18)12-27(20)23(29)30-17-7-8-17/h2-6,9-11,13,15,17-18H,7-8,12H2,1H3,(H,25,28)/t13-,15-,18-/m1/s1. The van der Waals surface area contributed by atoms with Gasteiger partial charge in [0, 0.05) is 23.9 Å². The SMILES string of the molecule is C[C@@H](NC(=O)c1ccc(F)cc1)c1ccc2c(n1)[C@@H]1C=C[C@@H]1CN2C(=O)OC1CC1. The average molecular weight is 407 g/mol. The molecule has 0 bridgehead atoms. The van der Waals surface area contributed by atoms with Crippen LogP contribution in [0.4, 0.5) is 14.9 Å². The molecule has 1 N–H and O–H groups in total. The molecule has 1 fully saturated rings. The van der Waals surface area contributed by atoms with Crippen molar-refractivity contribution in [3.05, 3.63) is 71.3 Å². The summed E-state index contributed by atoms with van der Waals surface area (Å²) in [5.41, 5.74) is 2.70. The van der Waals surface area contributed by atoms with Crippen LogP contribution in [0.2, 0.25) is 0 Å². The fourth-order valence-electron chi connectivity index (χ4n) is 3.88. The van der Waals surface area contributed by atoms with Crippen molar-refractivity contribution in [3.63, 3.8) is 0 Å². The van der Waals surface area contributed by atoms with Gasteiger partial charge in [0.1, 0.15) is 11.9 Å². The number of benzene rings is 1. The maximum absolute atomic E-state index is 13.1. The zero-order chi connectivity index (χ0) is 20.8. The van der Waals surface area contributed by atoms with Gasteiger partial charge >= 0.3 is 6.09 Å². The highest BCUT2D eigenvalue weighted by atomic mass is 19.1. The van der Waals surface area contributed by atoms with Crippen LogP contribution < -0.4 is 10.2 Å². The number of aromatic nitrogens is 1. The summed E-state index contributed by atoms with van der Waals surface area (Å²) in [5.74, 6) is -0.275. The molecule has 0 radical (unpaired) electrons. The highest BCUT2D eigenvalue weighted by molar-refractivity contribution is 5.94. The van der Waals surface area contributed by atoms with Crippen LogP contribution in [0.15, 0.2) is 48.6 Å². The number of amides is 2. The fraction of sp³-hybridized carbons (Fsp3) is 0.348. The van der Waals surface area contributed by atoms with Crippen molar-refractivity contribution in [1.82, 2.24) is 10.3 Å². The summed E-state index contributed by atoms with van der Waals surface area (Å²) >= 11 is 0. The van der Waals surface area contributed by atoms with Crippen LogP contribution >= 0.6 is 0 Å². The van der Waals surface area contributed by atoms with Crippen molar-refractivity contribution < 1.29 is 18.7 Å². The van der Waals surface area contributed by atoms with Gasteiger partial charge in [0.05, 0.1) is 23.1 Å². The number of carbonyl (C=O) groups is 2. The van der Waals surface area contributed by atoms with Crippen LogP contribution in [-0.2, 0) is 4.74 Å². The number of nitrogens with one attached hydrogen (secondary N) is 1. The van der Waals surface area contributed by atoms with E-state index in [2.05, 4.69) is 17.5 Å². The number of hydrogen-bond acceptors (Lipinski definition) is 4. The van der Waals surface area contributed by atoms with Crippen molar-refractivity contribution >= 4 is 17.7 Å². The quantitative estimate of drug-likeness (QED) is 0.775. The van der Waals surface area contributed by atoms with Gasteiger partial charge in [-0.25, -0.2) is 9.18 Å². The van der Waals surface area contributed by atoms with E-state index in [1.165, 1.54) is 24.3 Å². The second-order valence-electron chi connectivity index (χ2n) is 8.11. The Balaban J connectivity index is 1.37. The molecular weight excluding hydrogens is 385 g/mol. The minimum absolute atomic E-state index is 0.0459. The number of carbonyl (C=O) groups excluding carboxylic acids is 2. The molecule has 0 unspecified atom stereocenters. The smallest absolute Gasteiger partial charge is 0.414 e. The second-order valence-corrected chi connectivity index (χ2v) is 8.11. The molecule has 1 saturated carbocycles. The van der Waals surface area contributed by atoms with Crippen LogP contribution in [0.5, 0.6) is 0 Å². The lowest BCUT2D eigenvalue weighted by molar-refractivity contribution is 0.0939. The normalized spacial score (nSPS) is 22.4. The minimum atomic E-state index is -0.385. The zero-order valence-corrected chi connectivity index (χ0v) is 16.5. The van der Waals surface area contributed by atoms with E-state index >= 15 is 0 Å². The molecule has 6 nitrogen and oxygen atoms in total. The van der Waals surface area contributed by atoms with Crippen molar-refractivity contribution in [3.8, 4) is 0 Å². The summed E-state index contributed by atoms with van der Waals surface area (Å²) in [6.45, 7) is 2.45. The molecule has 1 aliphatic heterocycles. The van der Waals surface area contributed by atoms with E-state index in [1.54, 1.807) is 4.90 Å². The summed E-state index contributed by atoms with van der Waals surface area (Å²) in [6.07, 6.45) is 5.79. The number of rotatable bonds is 4. The third-order valence-electron chi connectivity index (χ3n) is 5.86. The Morgan fingerprint density at radius 3 is 2.60 bits per heavy atom. The molecule has 0 spiro atoms. The molecule has 0 saturated heterocycles. The first-order valence-electron chi connectivity index (χ1n) is 10.2. The Morgan fingerprint density at radius 2 is 1.93 bits per heavy atom. The van der Waals surface area contributed by atoms with Gasteiger partial charge < -0.3 is 10.1 Å².